The number of amides is 3. The summed E-state index contributed by atoms with van der Waals surface area (Å²) < 4.78 is 0. The molecule has 8 heteroatoms. The van der Waals surface area contributed by atoms with Crippen LogP contribution in [0.1, 0.15) is 23.2 Å². The van der Waals surface area contributed by atoms with Gasteiger partial charge in [0.15, 0.2) is 0 Å². The number of para-hydroxylation sites is 1. The molecule has 3 rings (SSSR count). The zero-order valence-electron chi connectivity index (χ0n) is 13.5. The first-order valence-corrected chi connectivity index (χ1v) is 8.65. The number of nitrogens with one attached hydrogen (secondary N) is 3. The summed E-state index contributed by atoms with van der Waals surface area (Å²) in [5, 5.41) is 8.76. The van der Waals surface area contributed by atoms with Gasteiger partial charge in [-0.2, -0.15) is 0 Å². The van der Waals surface area contributed by atoms with Crippen molar-refractivity contribution in [2.45, 2.75) is 18.9 Å². The van der Waals surface area contributed by atoms with Crippen LogP contribution in [0.3, 0.4) is 0 Å². The first-order valence-electron chi connectivity index (χ1n) is 7.89. The lowest BCUT2D eigenvalue weighted by molar-refractivity contribution is -0.118. The van der Waals surface area contributed by atoms with Gasteiger partial charge < -0.3 is 16.0 Å². The van der Waals surface area contributed by atoms with Crippen molar-refractivity contribution >= 4 is 52.3 Å². The number of hydrogen-bond acceptors (Lipinski definition) is 3. The van der Waals surface area contributed by atoms with Gasteiger partial charge in [-0.05, 0) is 36.8 Å². The van der Waals surface area contributed by atoms with Gasteiger partial charge >= 0.3 is 0 Å². The third-order valence-electron chi connectivity index (χ3n) is 3.91. The molecular weight excluding hydrogens is 377 g/mol. The largest absolute Gasteiger partial charge is 0.340 e. The molecule has 1 aliphatic rings. The van der Waals surface area contributed by atoms with E-state index in [1.165, 1.54) is 0 Å². The number of rotatable bonds is 4. The van der Waals surface area contributed by atoms with Crippen LogP contribution in [0.4, 0.5) is 11.4 Å². The predicted molar refractivity (Wildman–Crippen MR) is 101 cm³/mol. The van der Waals surface area contributed by atoms with Crippen molar-refractivity contribution in [1.82, 2.24) is 5.32 Å². The molecule has 6 nitrogen and oxygen atoms in total. The highest BCUT2D eigenvalue weighted by atomic mass is 35.5. The Balaban J connectivity index is 1.60. The molecule has 0 radical (unpaired) electrons. The fraction of sp³-hybridized carbons (Fsp3) is 0.167. The standard InChI is InChI=1S/C18H15Cl2N3O3/c19-12-6-5-10(9-13(12)20)21-16(24)8-7-15-18(26)22-14-4-2-1-3-11(14)17(25)23-15/h1-6,9,15H,7-8H2,(H,21,24)(H,22,26)(H,23,25)/t15-/m0/s1. The summed E-state index contributed by atoms with van der Waals surface area (Å²) in [6.07, 6.45) is 0.216. The lowest BCUT2D eigenvalue weighted by Crippen LogP contribution is -2.41. The number of anilines is 2. The normalized spacial score (nSPS) is 16.2. The van der Waals surface area contributed by atoms with Crippen LogP contribution in [0, 0.1) is 0 Å². The van der Waals surface area contributed by atoms with Crippen LogP contribution in [0.15, 0.2) is 42.5 Å². The maximum absolute atomic E-state index is 12.3. The van der Waals surface area contributed by atoms with Gasteiger partial charge in [-0.25, -0.2) is 0 Å². The number of carbonyl (C=O) groups excluding carboxylic acids is 3. The highest BCUT2D eigenvalue weighted by Gasteiger charge is 2.27. The highest BCUT2D eigenvalue weighted by molar-refractivity contribution is 6.42. The minimum atomic E-state index is -0.797. The van der Waals surface area contributed by atoms with Crippen molar-refractivity contribution in [2.24, 2.45) is 0 Å². The van der Waals surface area contributed by atoms with E-state index in [9.17, 15) is 14.4 Å². The minimum Gasteiger partial charge on any atom is -0.340 e. The first kappa shape index (κ1) is 18.2. The minimum absolute atomic E-state index is 0.0506. The van der Waals surface area contributed by atoms with Gasteiger partial charge in [0.05, 0.1) is 21.3 Å². The van der Waals surface area contributed by atoms with E-state index in [0.29, 0.717) is 27.0 Å². The molecule has 3 amide bonds. The molecule has 0 saturated carbocycles. The summed E-state index contributed by atoms with van der Waals surface area (Å²) in [5.74, 6) is -1.01. The molecule has 2 aromatic rings. The molecule has 1 heterocycles. The maximum Gasteiger partial charge on any atom is 0.254 e. The van der Waals surface area contributed by atoms with Crippen molar-refractivity contribution in [3.05, 3.63) is 58.1 Å². The Morgan fingerprint density at radius 2 is 1.85 bits per heavy atom. The quantitative estimate of drug-likeness (QED) is 0.745. The Labute approximate surface area is 159 Å². The van der Waals surface area contributed by atoms with Crippen LogP contribution >= 0.6 is 23.2 Å². The summed E-state index contributed by atoms with van der Waals surface area (Å²) in [4.78, 5) is 36.6. The zero-order valence-corrected chi connectivity index (χ0v) is 15.0. The number of carbonyl (C=O) groups is 3. The fourth-order valence-corrected chi connectivity index (χ4v) is 2.89. The van der Waals surface area contributed by atoms with Gasteiger partial charge in [-0.3, -0.25) is 14.4 Å². The van der Waals surface area contributed by atoms with Crippen LogP contribution in [0.25, 0.3) is 0 Å². The van der Waals surface area contributed by atoms with Crippen molar-refractivity contribution in [1.29, 1.82) is 0 Å². The van der Waals surface area contributed by atoms with Gasteiger partial charge in [0.2, 0.25) is 11.8 Å². The zero-order chi connectivity index (χ0) is 18.7. The average Bonchev–Trinajstić information content (AvgIpc) is 2.73. The van der Waals surface area contributed by atoms with Gasteiger partial charge in [-0.1, -0.05) is 35.3 Å². The Morgan fingerprint density at radius 1 is 1.08 bits per heavy atom. The Kier molecular flexibility index (Phi) is 5.44. The van der Waals surface area contributed by atoms with Crippen LogP contribution < -0.4 is 16.0 Å². The second-order valence-electron chi connectivity index (χ2n) is 5.78. The Bertz CT molecular complexity index is 886. The van der Waals surface area contributed by atoms with Crippen LogP contribution in [-0.4, -0.2) is 23.8 Å². The van der Waals surface area contributed by atoms with Gasteiger partial charge in [0.1, 0.15) is 6.04 Å². The lowest BCUT2D eigenvalue weighted by atomic mass is 10.1. The number of benzene rings is 2. The van der Waals surface area contributed by atoms with E-state index in [4.69, 9.17) is 23.2 Å². The second-order valence-corrected chi connectivity index (χ2v) is 6.59. The summed E-state index contributed by atoms with van der Waals surface area (Å²) in [6, 6.07) is 10.7. The molecule has 0 bridgehead atoms. The molecule has 134 valence electrons. The molecule has 26 heavy (non-hydrogen) atoms. The van der Waals surface area contributed by atoms with Crippen LogP contribution in [-0.2, 0) is 9.59 Å². The number of halogens is 2. The third kappa shape index (κ3) is 4.15. The van der Waals surface area contributed by atoms with Gasteiger partial charge in [0.25, 0.3) is 5.91 Å². The smallest absolute Gasteiger partial charge is 0.254 e. The molecule has 0 spiro atoms. The van der Waals surface area contributed by atoms with Crippen molar-refractivity contribution < 1.29 is 14.4 Å². The first-order chi connectivity index (χ1) is 12.4. The third-order valence-corrected chi connectivity index (χ3v) is 4.65. The highest BCUT2D eigenvalue weighted by Crippen LogP contribution is 2.25. The average molecular weight is 392 g/mol. The van der Waals surface area contributed by atoms with Crippen molar-refractivity contribution in [2.75, 3.05) is 10.6 Å². The van der Waals surface area contributed by atoms with E-state index in [2.05, 4.69) is 16.0 Å². The molecule has 0 aromatic heterocycles. The monoisotopic (exact) mass is 391 g/mol. The number of hydrogen-bond donors (Lipinski definition) is 3. The van der Waals surface area contributed by atoms with Crippen molar-refractivity contribution in [3.63, 3.8) is 0 Å². The van der Waals surface area contributed by atoms with Crippen LogP contribution in [0.2, 0.25) is 10.0 Å². The molecule has 0 aliphatic carbocycles. The molecule has 0 unspecified atom stereocenters. The van der Waals surface area contributed by atoms with E-state index < -0.39 is 6.04 Å². The van der Waals surface area contributed by atoms with E-state index in [0.717, 1.165) is 0 Å². The maximum atomic E-state index is 12.3. The molecule has 1 atom stereocenters. The Hall–Kier alpha value is -2.57. The summed E-state index contributed by atoms with van der Waals surface area (Å²) in [6.45, 7) is 0. The number of fused-ring (bicyclic) bond motifs is 1. The predicted octanol–water partition coefficient (Wildman–Crippen LogP) is 3.46. The Morgan fingerprint density at radius 3 is 2.62 bits per heavy atom. The van der Waals surface area contributed by atoms with E-state index in [1.807, 2.05) is 0 Å². The van der Waals surface area contributed by atoms with Crippen molar-refractivity contribution in [3.8, 4) is 0 Å². The summed E-state index contributed by atoms with van der Waals surface area (Å²) in [5.41, 5.74) is 1.35. The van der Waals surface area contributed by atoms with E-state index in [1.54, 1.807) is 42.5 Å². The lowest BCUT2D eigenvalue weighted by Gasteiger charge is -2.14. The molecule has 3 N–H and O–H groups in total. The SMILES string of the molecule is O=C(CC[C@@H]1NC(=O)c2ccccc2NC1=O)Nc1ccc(Cl)c(Cl)c1. The second kappa shape index (κ2) is 7.76. The molecule has 2 aromatic carbocycles. The van der Waals surface area contributed by atoms with Crippen LogP contribution in [0.5, 0.6) is 0 Å². The molecule has 1 aliphatic heterocycles. The summed E-state index contributed by atoms with van der Waals surface area (Å²) in [7, 11) is 0. The topological polar surface area (TPSA) is 87.3 Å². The fourth-order valence-electron chi connectivity index (χ4n) is 2.59. The molecule has 0 fully saturated rings. The van der Waals surface area contributed by atoms with E-state index in [-0.39, 0.29) is 30.6 Å². The van der Waals surface area contributed by atoms with Gasteiger partial charge in [0, 0.05) is 12.1 Å². The summed E-state index contributed by atoms with van der Waals surface area (Å²) >= 11 is 11.7. The molecule has 0 saturated heterocycles. The molecular formula is C18H15Cl2N3O3. The van der Waals surface area contributed by atoms with E-state index >= 15 is 0 Å². The van der Waals surface area contributed by atoms with Gasteiger partial charge in [-0.15, -0.1) is 0 Å².